The van der Waals surface area contributed by atoms with Gasteiger partial charge in [0, 0.05) is 31.1 Å². The fraction of sp³-hybridized carbons (Fsp3) is 0.154. The molecule has 1 aromatic carbocycles. The number of anilines is 1. The normalized spacial score (nSPS) is 10.3. The number of aryl methyl sites for hydroxylation is 1. The van der Waals surface area contributed by atoms with Gasteiger partial charge >= 0.3 is 0 Å². The van der Waals surface area contributed by atoms with E-state index in [-0.39, 0.29) is 16.4 Å². The highest BCUT2D eigenvalue weighted by molar-refractivity contribution is 6.31. The summed E-state index contributed by atoms with van der Waals surface area (Å²) in [5.41, 5.74) is 1.68. The molecule has 0 unspecified atom stereocenters. The fourth-order valence-corrected chi connectivity index (χ4v) is 1.86. The van der Waals surface area contributed by atoms with Crippen molar-refractivity contribution in [2.45, 2.75) is 13.5 Å². The molecule has 0 saturated heterocycles. The Labute approximate surface area is 119 Å². The van der Waals surface area contributed by atoms with Crippen molar-refractivity contribution < 1.29 is 9.31 Å². The minimum atomic E-state index is -0.706. The maximum absolute atomic E-state index is 13.4. The molecule has 1 N–H and O–H groups in total. The molecular formula is C13H11ClFN3O2. The first-order valence-corrected chi connectivity index (χ1v) is 6.13. The Balaban J connectivity index is 2.27. The lowest BCUT2D eigenvalue weighted by atomic mass is 10.1. The van der Waals surface area contributed by atoms with Gasteiger partial charge in [0.25, 0.3) is 5.69 Å². The Kier molecular flexibility index (Phi) is 4.14. The zero-order valence-electron chi connectivity index (χ0n) is 10.6. The van der Waals surface area contributed by atoms with Gasteiger partial charge in [0.05, 0.1) is 9.95 Å². The molecule has 0 amide bonds. The molecule has 0 fully saturated rings. The summed E-state index contributed by atoms with van der Waals surface area (Å²) in [5.74, 6) is -0.706. The van der Waals surface area contributed by atoms with E-state index < -0.39 is 10.7 Å². The molecule has 0 aliphatic carbocycles. The summed E-state index contributed by atoms with van der Waals surface area (Å²) >= 11 is 5.56. The van der Waals surface area contributed by atoms with E-state index in [4.69, 9.17) is 11.6 Å². The Bertz CT molecular complexity index is 664. The molecule has 7 heteroatoms. The average molecular weight is 296 g/mol. The fourth-order valence-electron chi connectivity index (χ4n) is 1.70. The number of nitro groups is 1. The van der Waals surface area contributed by atoms with E-state index >= 15 is 0 Å². The van der Waals surface area contributed by atoms with Gasteiger partial charge in [-0.15, -0.1) is 0 Å². The number of nitrogens with one attached hydrogen (secondary N) is 1. The topological polar surface area (TPSA) is 68.1 Å². The molecule has 5 nitrogen and oxygen atoms in total. The maximum atomic E-state index is 13.4. The number of halogens is 2. The second kappa shape index (κ2) is 5.83. The third-order valence-corrected chi connectivity index (χ3v) is 3.14. The highest BCUT2D eigenvalue weighted by Crippen LogP contribution is 2.30. The van der Waals surface area contributed by atoms with Crippen molar-refractivity contribution in [3.63, 3.8) is 0 Å². The molecule has 104 valence electrons. The molecule has 0 bridgehead atoms. The van der Waals surface area contributed by atoms with Crippen molar-refractivity contribution in [3.8, 4) is 0 Å². The van der Waals surface area contributed by atoms with E-state index in [0.717, 1.165) is 23.3 Å². The van der Waals surface area contributed by atoms with E-state index in [2.05, 4.69) is 10.3 Å². The van der Waals surface area contributed by atoms with Gasteiger partial charge in [-0.25, -0.2) is 4.39 Å². The minimum absolute atomic E-state index is 0.0835. The van der Waals surface area contributed by atoms with Crippen molar-refractivity contribution in [2.24, 2.45) is 0 Å². The number of hydrogen-bond donors (Lipinski definition) is 1. The summed E-state index contributed by atoms with van der Waals surface area (Å²) in [5, 5.41) is 13.5. The highest BCUT2D eigenvalue weighted by atomic mass is 35.5. The molecule has 2 rings (SSSR count). The van der Waals surface area contributed by atoms with Gasteiger partial charge in [-0.05, 0) is 24.1 Å². The lowest BCUT2D eigenvalue weighted by molar-refractivity contribution is -0.384. The molecule has 0 atom stereocenters. The zero-order valence-corrected chi connectivity index (χ0v) is 11.3. The lowest BCUT2D eigenvalue weighted by Gasteiger charge is -2.09. The summed E-state index contributed by atoms with van der Waals surface area (Å²) in [6, 6.07) is 3.84. The molecule has 1 heterocycles. The van der Waals surface area contributed by atoms with Crippen molar-refractivity contribution in [3.05, 3.63) is 62.7 Å². The van der Waals surface area contributed by atoms with E-state index in [1.165, 1.54) is 0 Å². The minimum Gasteiger partial charge on any atom is -0.375 e. The molecule has 1 aromatic heterocycles. The van der Waals surface area contributed by atoms with Crippen LogP contribution in [-0.4, -0.2) is 9.91 Å². The summed E-state index contributed by atoms with van der Waals surface area (Å²) in [7, 11) is 0. The van der Waals surface area contributed by atoms with Gasteiger partial charge in [0.2, 0.25) is 0 Å². The SMILES string of the molecule is Cc1ccncc1CNc1cc(F)c(Cl)cc1[N+](=O)[O-]. The Morgan fingerprint density at radius 1 is 1.50 bits per heavy atom. The summed E-state index contributed by atoms with van der Waals surface area (Å²) in [4.78, 5) is 14.3. The molecule has 0 aliphatic heterocycles. The van der Waals surface area contributed by atoms with E-state index in [9.17, 15) is 14.5 Å². The first-order valence-electron chi connectivity index (χ1n) is 5.76. The van der Waals surface area contributed by atoms with Gasteiger partial charge in [0.1, 0.15) is 11.5 Å². The van der Waals surface area contributed by atoms with Crippen LogP contribution in [0, 0.1) is 22.9 Å². The van der Waals surface area contributed by atoms with Crippen LogP contribution in [0.2, 0.25) is 5.02 Å². The number of nitrogens with zero attached hydrogens (tertiary/aromatic N) is 2. The van der Waals surface area contributed by atoms with Gasteiger partial charge in [-0.1, -0.05) is 11.6 Å². The van der Waals surface area contributed by atoms with E-state index in [0.29, 0.717) is 6.54 Å². The quantitative estimate of drug-likeness (QED) is 0.690. The number of aromatic nitrogens is 1. The van der Waals surface area contributed by atoms with Crippen LogP contribution >= 0.6 is 11.6 Å². The molecule has 0 aliphatic rings. The smallest absolute Gasteiger partial charge is 0.294 e. The van der Waals surface area contributed by atoms with Gasteiger partial charge < -0.3 is 5.32 Å². The maximum Gasteiger partial charge on any atom is 0.294 e. The predicted molar refractivity (Wildman–Crippen MR) is 74.4 cm³/mol. The van der Waals surface area contributed by atoms with Crippen LogP contribution in [0.25, 0.3) is 0 Å². The number of pyridine rings is 1. The van der Waals surface area contributed by atoms with Crippen LogP contribution in [-0.2, 0) is 6.54 Å². The van der Waals surface area contributed by atoms with Crippen molar-refractivity contribution in [1.29, 1.82) is 0 Å². The number of hydrogen-bond acceptors (Lipinski definition) is 4. The van der Waals surface area contributed by atoms with E-state index in [1.54, 1.807) is 12.4 Å². The Hall–Kier alpha value is -2.21. The summed E-state index contributed by atoms with van der Waals surface area (Å²) < 4.78 is 13.4. The van der Waals surface area contributed by atoms with Gasteiger partial charge in [-0.3, -0.25) is 15.1 Å². The second-order valence-corrected chi connectivity index (χ2v) is 4.60. The lowest BCUT2D eigenvalue weighted by Crippen LogP contribution is -2.05. The zero-order chi connectivity index (χ0) is 14.7. The van der Waals surface area contributed by atoms with Crippen LogP contribution in [0.3, 0.4) is 0 Å². The molecule has 2 aromatic rings. The largest absolute Gasteiger partial charge is 0.375 e. The highest BCUT2D eigenvalue weighted by Gasteiger charge is 2.17. The number of benzene rings is 1. The summed E-state index contributed by atoms with van der Waals surface area (Å²) in [6.45, 7) is 2.21. The number of rotatable bonds is 4. The third kappa shape index (κ3) is 3.03. The summed E-state index contributed by atoms with van der Waals surface area (Å²) in [6.07, 6.45) is 3.31. The van der Waals surface area contributed by atoms with Crippen molar-refractivity contribution in [1.82, 2.24) is 4.98 Å². The Morgan fingerprint density at radius 3 is 2.90 bits per heavy atom. The standard InChI is InChI=1S/C13H11ClFN3O2/c1-8-2-3-16-6-9(8)7-17-12-5-11(15)10(14)4-13(12)18(19)20/h2-6,17H,7H2,1H3. The predicted octanol–water partition coefficient (Wildman–Crippen LogP) is 3.70. The van der Waals surface area contributed by atoms with Crippen LogP contribution < -0.4 is 5.32 Å². The molecule has 0 saturated carbocycles. The van der Waals surface area contributed by atoms with Crippen LogP contribution in [0.1, 0.15) is 11.1 Å². The third-order valence-electron chi connectivity index (χ3n) is 2.85. The number of nitro benzene ring substituents is 1. The molecular weight excluding hydrogens is 285 g/mol. The average Bonchev–Trinajstić information content (AvgIpc) is 2.41. The van der Waals surface area contributed by atoms with Crippen molar-refractivity contribution >= 4 is 23.0 Å². The van der Waals surface area contributed by atoms with E-state index in [1.807, 2.05) is 13.0 Å². The second-order valence-electron chi connectivity index (χ2n) is 4.20. The first kappa shape index (κ1) is 14.2. The van der Waals surface area contributed by atoms with Crippen LogP contribution in [0.5, 0.6) is 0 Å². The molecule has 20 heavy (non-hydrogen) atoms. The molecule has 0 radical (unpaired) electrons. The van der Waals surface area contributed by atoms with Gasteiger partial charge in [-0.2, -0.15) is 0 Å². The Morgan fingerprint density at radius 2 is 2.25 bits per heavy atom. The monoisotopic (exact) mass is 295 g/mol. The molecule has 0 spiro atoms. The first-order chi connectivity index (χ1) is 9.49. The van der Waals surface area contributed by atoms with Crippen molar-refractivity contribution in [2.75, 3.05) is 5.32 Å². The van der Waals surface area contributed by atoms with Gasteiger partial charge in [0.15, 0.2) is 0 Å². The van der Waals surface area contributed by atoms with Crippen LogP contribution in [0.15, 0.2) is 30.6 Å². The van der Waals surface area contributed by atoms with Crippen LogP contribution in [0.4, 0.5) is 15.8 Å².